The van der Waals surface area contributed by atoms with Crippen molar-refractivity contribution in [1.82, 2.24) is 57.5 Å². The van der Waals surface area contributed by atoms with Gasteiger partial charge in [-0.2, -0.15) is 0 Å². The highest BCUT2D eigenvalue weighted by atomic mass is 16.3. The topological polar surface area (TPSA) is 452 Å². The fourth-order valence-electron chi connectivity index (χ4n) is 8.63. The van der Waals surface area contributed by atoms with Crippen LogP contribution in [0.4, 0.5) is 0 Å². The molecule has 1 aliphatic rings. The molecule has 4 aromatic rings. The summed E-state index contributed by atoms with van der Waals surface area (Å²) in [7, 11) is 0. The summed E-state index contributed by atoms with van der Waals surface area (Å²) in [4.78, 5) is 129. The predicted octanol–water partition coefficient (Wildman–Crippen LogP) is -3.59. The van der Waals surface area contributed by atoms with Crippen LogP contribution in [0.5, 0.6) is 0 Å². The van der Waals surface area contributed by atoms with Crippen LogP contribution in [0, 0.1) is 0 Å². The molecule has 27 nitrogen and oxygen atoms in total. The Bertz CT molecular complexity index is 2670. The molecule has 21 N–H and O–H groups in total. The van der Waals surface area contributed by atoms with Crippen molar-refractivity contribution in [2.75, 3.05) is 19.6 Å². The minimum atomic E-state index is -1.69. The fourth-order valence-corrected chi connectivity index (χ4v) is 8.63. The Morgan fingerprint density at radius 1 is 0.766 bits per heavy atom. The van der Waals surface area contributed by atoms with Gasteiger partial charge in [-0.25, -0.2) is 4.98 Å². The van der Waals surface area contributed by atoms with Crippen molar-refractivity contribution < 1.29 is 43.5 Å². The Morgan fingerprint density at radius 3 is 2.12 bits per heavy atom. The average molecular weight is 1070 g/mol. The zero-order valence-electron chi connectivity index (χ0n) is 42.9. The number of hydrogen-bond acceptors (Lipinski definition) is 13. The van der Waals surface area contributed by atoms with Crippen molar-refractivity contribution in [2.45, 2.75) is 126 Å². The zero-order chi connectivity index (χ0) is 55.9. The third-order valence-electron chi connectivity index (χ3n) is 12.6. The zero-order valence-corrected chi connectivity index (χ0v) is 42.9. The quantitative estimate of drug-likeness (QED) is 0.0260. The molecule has 0 aliphatic carbocycles. The molecule has 5 rings (SSSR count). The van der Waals surface area contributed by atoms with Crippen LogP contribution in [0.2, 0.25) is 0 Å². The largest absolute Gasteiger partial charge is 0.376 e. The number of imidazole rings is 1. The van der Waals surface area contributed by atoms with Gasteiger partial charge >= 0.3 is 0 Å². The van der Waals surface area contributed by atoms with Gasteiger partial charge in [0, 0.05) is 74.8 Å². The SMILES string of the molecule is CC(=O)NC(CCCN=C(N)N)C(=O)NC1CCCNC(=O)CCC(C(N)=O)NC(=O)C(Cc2c[nH]c3ccccc23)NC(O)C(CCCN=C(N)N)NC(=O)C(Cc2ccccc2)NC(=O)C(Cc2cnc[nH]2)NC1=O. The van der Waals surface area contributed by atoms with Crippen LogP contribution < -0.4 is 71.2 Å². The number of aliphatic hydroxyl groups is 1. The van der Waals surface area contributed by atoms with Gasteiger partial charge in [0.25, 0.3) is 0 Å². The Morgan fingerprint density at radius 2 is 1.43 bits per heavy atom. The number of aliphatic hydroxyl groups excluding tert-OH is 1. The number of aliphatic imine (C=N–C) groups is 2. The van der Waals surface area contributed by atoms with E-state index < -0.39 is 95.8 Å². The van der Waals surface area contributed by atoms with Crippen LogP contribution in [-0.4, -0.2) is 147 Å². The summed E-state index contributed by atoms with van der Waals surface area (Å²) in [5, 5.41) is 34.9. The monoisotopic (exact) mass is 1070 g/mol. The first-order valence-electron chi connectivity index (χ1n) is 25.3. The molecule has 8 unspecified atom stereocenters. The number of nitrogens with zero attached hydrogens (tertiary/aromatic N) is 3. The van der Waals surface area contributed by atoms with Crippen molar-refractivity contribution in [3.8, 4) is 0 Å². The van der Waals surface area contributed by atoms with Crippen molar-refractivity contribution >= 4 is 70.1 Å². The number of nitrogens with two attached hydrogens (primary N) is 5. The minimum absolute atomic E-state index is 0.0216. The highest BCUT2D eigenvalue weighted by Crippen LogP contribution is 2.20. The number of guanidine groups is 2. The second kappa shape index (κ2) is 30.1. The third-order valence-corrected chi connectivity index (χ3v) is 12.6. The first-order chi connectivity index (χ1) is 36.9. The number of nitrogens with one attached hydrogen (secondary N) is 10. The molecule has 1 aliphatic heterocycles. The van der Waals surface area contributed by atoms with Gasteiger partial charge in [0.2, 0.25) is 47.3 Å². The van der Waals surface area contributed by atoms with Gasteiger partial charge in [-0.1, -0.05) is 48.5 Å². The second-order valence-electron chi connectivity index (χ2n) is 18.6. The van der Waals surface area contributed by atoms with Crippen molar-refractivity contribution in [1.29, 1.82) is 0 Å². The number of amides is 8. The van der Waals surface area contributed by atoms with Gasteiger partial charge in [0.1, 0.15) is 36.4 Å². The van der Waals surface area contributed by atoms with Gasteiger partial charge in [-0.15, -0.1) is 0 Å². The fraction of sp³-hybridized carbons (Fsp3) is 0.460. The van der Waals surface area contributed by atoms with Gasteiger partial charge < -0.3 is 81.0 Å². The number of primary amides is 1. The van der Waals surface area contributed by atoms with E-state index >= 15 is 0 Å². The number of carbonyl (C=O) groups excluding carboxylic acids is 8. The lowest BCUT2D eigenvalue weighted by atomic mass is 10.0. The molecule has 0 radical (unpaired) electrons. The van der Waals surface area contributed by atoms with Crippen LogP contribution in [-0.2, 0) is 57.6 Å². The van der Waals surface area contributed by atoms with E-state index in [0.29, 0.717) is 16.8 Å². The molecule has 2 aromatic carbocycles. The Kier molecular flexibility index (Phi) is 23.2. The lowest BCUT2D eigenvalue weighted by Crippen LogP contribution is -2.61. The van der Waals surface area contributed by atoms with Gasteiger partial charge in [-0.05, 0) is 68.6 Å². The Labute approximate surface area is 444 Å². The number of carbonyl (C=O) groups is 8. The predicted molar refractivity (Wildman–Crippen MR) is 285 cm³/mol. The standard InChI is InChI=1S/C50H72N18O9/c1-28(69)62-35(14-8-20-58-49(52)53)43(72)64-36-15-7-19-57-41(70)18-17-34(42(51)71)63-47(76)39(23-30-25-60-33-13-6-5-12-32(30)33)67-44(73)37(16-9-21-59-50(54)55)65-46(75)38(22-29-10-3-2-4-11-29)66-48(77)40(68-45(36)74)24-31-26-56-27-61-31/h2-6,10-13,25-27,34-40,44,60,67,73H,7-9,14-24H2,1H3,(H2,51,71)(H,56,61)(H,57,70)(H,62,69)(H,63,76)(H,64,72)(H,65,75)(H,66,77)(H,68,74)(H4,52,53,58)(H4,54,55,59). The molecule has 0 spiro atoms. The van der Waals surface area contributed by atoms with E-state index in [1.807, 2.05) is 24.3 Å². The van der Waals surface area contributed by atoms with E-state index in [-0.39, 0.29) is 102 Å². The highest BCUT2D eigenvalue weighted by molar-refractivity contribution is 5.96. The Balaban J connectivity index is 1.54. The number of fused-ring (bicyclic) bond motifs is 1. The second-order valence-corrected chi connectivity index (χ2v) is 18.6. The van der Waals surface area contributed by atoms with Crippen LogP contribution in [0.1, 0.15) is 75.1 Å². The molecular formula is C50H72N18O9. The summed E-state index contributed by atoms with van der Waals surface area (Å²) in [6, 6.07) is 6.99. The number of aromatic amines is 2. The molecule has 8 atom stereocenters. The van der Waals surface area contributed by atoms with Crippen LogP contribution in [0.15, 0.2) is 83.3 Å². The van der Waals surface area contributed by atoms with E-state index in [1.165, 1.54) is 19.4 Å². The van der Waals surface area contributed by atoms with Gasteiger partial charge in [0.15, 0.2) is 11.9 Å². The normalized spacial score (nSPS) is 21.9. The lowest BCUT2D eigenvalue weighted by molar-refractivity contribution is -0.135. The van der Waals surface area contributed by atoms with Crippen LogP contribution in [0.3, 0.4) is 0 Å². The molecular weight excluding hydrogens is 997 g/mol. The smallest absolute Gasteiger partial charge is 0.243 e. The molecule has 0 bridgehead atoms. The molecule has 8 amide bonds. The number of aromatic nitrogens is 3. The van der Waals surface area contributed by atoms with E-state index in [4.69, 9.17) is 28.7 Å². The number of para-hydroxylation sites is 1. The molecule has 3 heterocycles. The summed E-state index contributed by atoms with van der Waals surface area (Å²) in [5.74, 6) is -6.29. The van der Waals surface area contributed by atoms with Gasteiger partial charge in [0.05, 0.1) is 18.4 Å². The first-order valence-corrected chi connectivity index (χ1v) is 25.3. The van der Waals surface area contributed by atoms with E-state index in [2.05, 4.69) is 67.5 Å². The number of rotatable bonds is 18. The third kappa shape index (κ3) is 19.9. The molecule has 416 valence electrons. The molecule has 1 saturated heterocycles. The summed E-state index contributed by atoms with van der Waals surface area (Å²) in [6.45, 7) is 1.41. The maximum absolute atomic E-state index is 14.8. The van der Waals surface area contributed by atoms with Gasteiger partial charge in [-0.3, -0.25) is 53.7 Å². The molecule has 27 heteroatoms. The van der Waals surface area contributed by atoms with Crippen molar-refractivity contribution in [3.05, 3.63) is 90.1 Å². The number of H-pyrrole nitrogens is 2. The number of hydrogen-bond donors (Lipinski definition) is 16. The summed E-state index contributed by atoms with van der Waals surface area (Å²) < 4.78 is 0. The Hall–Kier alpha value is -8.59. The van der Waals surface area contributed by atoms with Crippen LogP contribution in [0.25, 0.3) is 10.9 Å². The minimum Gasteiger partial charge on any atom is -0.376 e. The van der Waals surface area contributed by atoms with Crippen molar-refractivity contribution in [3.63, 3.8) is 0 Å². The molecule has 2 aromatic heterocycles. The summed E-state index contributed by atoms with van der Waals surface area (Å²) >= 11 is 0. The average Bonchev–Trinajstić information content (AvgIpc) is 4.07. The number of benzene rings is 2. The molecule has 1 fully saturated rings. The van der Waals surface area contributed by atoms with E-state index in [0.717, 1.165) is 10.9 Å². The highest BCUT2D eigenvalue weighted by Gasteiger charge is 2.35. The van der Waals surface area contributed by atoms with E-state index in [1.54, 1.807) is 36.5 Å². The summed E-state index contributed by atoms with van der Waals surface area (Å²) in [6.07, 6.45) is 2.59. The maximum Gasteiger partial charge on any atom is 0.243 e. The van der Waals surface area contributed by atoms with E-state index in [9.17, 15) is 43.5 Å². The van der Waals surface area contributed by atoms with Crippen LogP contribution >= 0.6 is 0 Å². The van der Waals surface area contributed by atoms with Crippen molar-refractivity contribution in [2.24, 2.45) is 38.7 Å². The lowest BCUT2D eigenvalue weighted by Gasteiger charge is -2.31. The maximum atomic E-state index is 14.8. The first kappa shape index (κ1) is 59.3. The molecule has 77 heavy (non-hydrogen) atoms. The molecule has 0 saturated carbocycles. The summed E-state index contributed by atoms with van der Waals surface area (Å²) in [5.41, 5.74) is 30.4.